The number of hydrogen-bond acceptors (Lipinski definition) is 6. The average molecular weight is 412 g/mol. The van der Waals surface area contributed by atoms with Gasteiger partial charge in [-0.25, -0.2) is 4.98 Å². The van der Waals surface area contributed by atoms with Crippen LogP contribution in [0.4, 0.5) is 0 Å². The Morgan fingerprint density at radius 3 is 2.86 bits per heavy atom. The van der Waals surface area contributed by atoms with Crippen molar-refractivity contribution in [1.29, 1.82) is 0 Å². The third-order valence-electron chi connectivity index (χ3n) is 5.09. The summed E-state index contributed by atoms with van der Waals surface area (Å²) in [5.41, 5.74) is 3.03. The molecule has 4 rings (SSSR count). The van der Waals surface area contributed by atoms with Gasteiger partial charge in [0, 0.05) is 44.9 Å². The van der Waals surface area contributed by atoms with Gasteiger partial charge in [-0.15, -0.1) is 11.3 Å². The highest BCUT2D eigenvalue weighted by Gasteiger charge is 2.22. The lowest BCUT2D eigenvalue weighted by molar-refractivity contribution is -0.130. The summed E-state index contributed by atoms with van der Waals surface area (Å²) in [4.78, 5) is 20.4. The van der Waals surface area contributed by atoms with Crippen molar-refractivity contribution in [1.82, 2.24) is 14.8 Å². The minimum atomic E-state index is -0.276. The number of fused-ring (bicyclic) bond motifs is 1. The molecule has 1 unspecified atom stereocenters. The van der Waals surface area contributed by atoms with Crippen LogP contribution in [0.3, 0.4) is 0 Å². The zero-order valence-corrected chi connectivity index (χ0v) is 17.5. The molecule has 29 heavy (non-hydrogen) atoms. The molecular weight excluding hydrogens is 386 g/mol. The third kappa shape index (κ3) is 4.58. The Morgan fingerprint density at radius 2 is 2.14 bits per heavy atom. The van der Waals surface area contributed by atoms with Crippen LogP contribution in [0.25, 0.3) is 20.8 Å². The minimum Gasteiger partial charge on any atom is -0.483 e. The van der Waals surface area contributed by atoms with Crippen LogP contribution in [-0.2, 0) is 11.3 Å². The van der Waals surface area contributed by atoms with Crippen molar-refractivity contribution in [2.75, 3.05) is 33.8 Å². The van der Waals surface area contributed by atoms with E-state index < -0.39 is 0 Å². The highest BCUT2D eigenvalue weighted by Crippen LogP contribution is 2.33. The van der Waals surface area contributed by atoms with Crippen LogP contribution in [0.1, 0.15) is 12.0 Å². The number of β-amino-alcohol motifs (C(OH)–C–C–N with tert-alkyl or cyclic N) is 1. The van der Waals surface area contributed by atoms with Gasteiger partial charge in [-0.05, 0) is 36.8 Å². The molecule has 1 aliphatic heterocycles. The molecule has 1 fully saturated rings. The lowest BCUT2D eigenvalue weighted by Gasteiger charge is -2.19. The van der Waals surface area contributed by atoms with Gasteiger partial charge < -0.3 is 14.7 Å². The number of carbonyl (C=O) groups is 1. The first-order chi connectivity index (χ1) is 14.0. The van der Waals surface area contributed by atoms with Gasteiger partial charge in [0.2, 0.25) is 0 Å². The first kappa shape index (κ1) is 19.8. The predicted octanol–water partition coefficient (Wildman–Crippen LogP) is 3.00. The summed E-state index contributed by atoms with van der Waals surface area (Å²) in [6, 6.07) is 14.1. The highest BCUT2D eigenvalue weighted by atomic mass is 32.1. The van der Waals surface area contributed by atoms with Crippen LogP contribution >= 0.6 is 11.3 Å². The molecule has 0 radical (unpaired) electrons. The Hall–Kier alpha value is -2.48. The molecule has 0 aliphatic carbocycles. The average Bonchev–Trinajstić information content (AvgIpc) is 3.32. The minimum absolute atomic E-state index is 0.00308. The fraction of sp³-hybridized carbons (Fsp3) is 0.364. The first-order valence-corrected chi connectivity index (χ1v) is 10.5. The normalized spacial score (nSPS) is 17.0. The van der Waals surface area contributed by atoms with Gasteiger partial charge in [0.25, 0.3) is 5.91 Å². The standard InChI is InChI=1S/C22H25N3O3S/c1-24(2)21(27)14-28-19-8-7-15(11-16(19)12-25-10-9-17(26)13-25)22-23-18-5-3-4-6-20(18)29-22/h3-8,11,17,26H,9-10,12-14H2,1-2H3. The molecule has 3 aromatic rings. The second-order valence-electron chi connectivity index (χ2n) is 7.56. The van der Waals surface area contributed by atoms with E-state index in [4.69, 9.17) is 9.72 Å². The summed E-state index contributed by atoms with van der Waals surface area (Å²) in [5.74, 6) is 0.620. The molecule has 0 saturated carbocycles. The number of aliphatic hydroxyl groups is 1. The molecular formula is C22H25N3O3S. The topological polar surface area (TPSA) is 65.9 Å². The van der Waals surface area contributed by atoms with Crippen molar-refractivity contribution >= 4 is 27.5 Å². The maximum Gasteiger partial charge on any atom is 0.259 e. The number of carbonyl (C=O) groups excluding carboxylic acids is 1. The molecule has 1 N–H and O–H groups in total. The second-order valence-corrected chi connectivity index (χ2v) is 8.59. The summed E-state index contributed by atoms with van der Waals surface area (Å²) >= 11 is 1.66. The third-order valence-corrected chi connectivity index (χ3v) is 6.18. The van der Waals surface area contributed by atoms with Gasteiger partial charge in [0.05, 0.1) is 16.3 Å². The van der Waals surface area contributed by atoms with Gasteiger partial charge in [-0.2, -0.15) is 0 Å². The van der Waals surface area contributed by atoms with Gasteiger partial charge in [0.1, 0.15) is 10.8 Å². The molecule has 2 aromatic carbocycles. The second kappa shape index (κ2) is 8.49. The van der Waals surface area contributed by atoms with Crippen molar-refractivity contribution in [2.24, 2.45) is 0 Å². The molecule has 0 spiro atoms. The van der Waals surface area contributed by atoms with Crippen molar-refractivity contribution in [3.8, 4) is 16.3 Å². The lowest BCUT2D eigenvalue weighted by atomic mass is 10.1. The Balaban J connectivity index is 1.63. The molecule has 1 saturated heterocycles. The van der Waals surface area contributed by atoms with E-state index in [1.54, 1.807) is 25.4 Å². The van der Waals surface area contributed by atoms with Gasteiger partial charge >= 0.3 is 0 Å². The fourth-order valence-corrected chi connectivity index (χ4v) is 4.40. The Labute approximate surface area is 174 Å². The zero-order valence-electron chi connectivity index (χ0n) is 16.7. The van der Waals surface area contributed by atoms with E-state index in [0.29, 0.717) is 18.8 Å². The Bertz CT molecular complexity index is 984. The van der Waals surface area contributed by atoms with Gasteiger partial charge in [-0.1, -0.05) is 12.1 Å². The SMILES string of the molecule is CN(C)C(=O)COc1ccc(-c2nc3ccccc3s2)cc1CN1CCC(O)C1. The molecule has 2 heterocycles. The predicted molar refractivity (Wildman–Crippen MR) is 115 cm³/mol. The van der Waals surface area contributed by atoms with E-state index in [2.05, 4.69) is 17.0 Å². The number of hydrogen-bond donors (Lipinski definition) is 1. The number of aliphatic hydroxyl groups excluding tert-OH is 1. The maximum absolute atomic E-state index is 12.0. The number of nitrogens with zero attached hydrogens (tertiary/aromatic N) is 3. The summed E-state index contributed by atoms with van der Waals surface area (Å²) < 4.78 is 7.01. The molecule has 1 aliphatic rings. The first-order valence-electron chi connectivity index (χ1n) is 9.72. The number of thiazole rings is 1. The zero-order chi connectivity index (χ0) is 20.4. The molecule has 1 amide bonds. The summed E-state index contributed by atoms with van der Waals surface area (Å²) in [6.45, 7) is 2.18. The Morgan fingerprint density at radius 1 is 1.31 bits per heavy atom. The van der Waals surface area contributed by atoms with Crippen LogP contribution in [0.15, 0.2) is 42.5 Å². The fourth-order valence-electron chi connectivity index (χ4n) is 3.44. The number of aromatic nitrogens is 1. The summed E-state index contributed by atoms with van der Waals surface area (Å²) in [5, 5.41) is 10.8. The number of likely N-dealkylation sites (N-methyl/N-ethyl adjacent to an activating group) is 1. The van der Waals surface area contributed by atoms with Crippen molar-refractivity contribution < 1.29 is 14.6 Å². The Kier molecular flexibility index (Phi) is 5.80. The van der Waals surface area contributed by atoms with Gasteiger partial charge in [0.15, 0.2) is 6.61 Å². The maximum atomic E-state index is 12.0. The van der Waals surface area contributed by atoms with E-state index in [-0.39, 0.29) is 18.6 Å². The quantitative estimate of drug-likeness (QED) is 0.676. The lowest BCUT2D eigenvalue weighted by Crippen LogP contribution is -2.28. The number of rotatable bonds is 6. The molecule has 7 heteroatoms. The van der Waals surface area contributed by atoms with E-state index in [0.717, 1.165) is 39.3 Å². The van der Waals surface area contributed by atoms with Gasteiger partial charge in [-0.3, -0.25) is 9.69 Å². The molecule has 152 valence electrons. The largest absolute Gasteiger partial charge is 0.483 e. The summed E-state index contributed by atoms with van der Waals surface area (Å²) in [6.07, 6.45) is 0.509. The molecule has 0 bridgehead atoms. The molecule has 1 aromatic heterocycles. The number of ether oxygens (including phenoxy) is 1. The van der Waals surface area contributed by atoms with Crippen LogP contribution < -0.4 is 4.74 Å². The number of amides is 1. The number of benzene rings is 2. The smallest absolute Gasteiger partial charge is 0.259 e. The van der Waals surface area contributed by atoms with Crippen molar-refractivity contribution in [3.05, 3.63) is 48.0 Å². The number of para-hydroxylation sites is 1. The summed E-state index contributed by atoms with van der Waals surface area (Å²) in [7, 11) is 3.43. The van der Waals surface area contributed by atoms with Crippen LogP contribution in [0.5, 0.6) is 5.75 Å². The highest BCUT2D eigenvalue weighted by molar-refractivity contribution is 7.21. The van der Waals surface area contributed by atoms with Crippen molar-refractivity contribution in [2.45, 2.75) is 19.1 Å². The number of likely N-dealkylation sites (tertiary alicyclic amines) is 1. The van der Waals surface area contributed by atoms with E-state index in [9.17, 15) is 9.90 Å². The van der Waals surface area contributed by atoms with Crippen LogP contribution in [0.2, 0.25) is 0 Å². The van der Waals surface area contributed by atoms with Crippen LogP contribution in [-0.4, -0.2) is 65.7 Å². The monoisotopic (exact) mass is 411 g/mol. The molecule has 1 atom stereocenters. The van der Waals surface area contributed by atoms with Crippen LogP contribution in [0, 0.1) is 0 Å². The molecule has 6 nitrogen and oxygen atoms in total. The van der Waals surface area contributed by atoms with E-state index in [1.165, 1.54) is 4.90 Å². The van der Waals surface area contributed by atoms with E-state index in [1.807, 2.05) is 30.3 Å². The van der Waals surface area contributed by atoms with E-state index >= 15 is 0 Å². The van der Waals surface area contributed by atoms with Crippen molar-refractivity contribution in [3.63, 3.8) is 0 Å².